The van der Waals surface area contributed by atoms with Crippen LogP contribution in [0.5, 0.6) is 0 Å². The molecule has 5 nitrogen and oxygen atoms in total. The van der Waals surface area contributed by atoms with E-state index >= 15 is 0 Å². The topological polar surface area (TPSA) is 48.0 Å². The van der Waals surface area contributed by atoms with Gasteiger partial charge in [0.25, 0.3) is 8.32 Å². The van der Waals surface area contributed by atoms with Crippen molar-refractivity contribution in [1.29, 1.82) is 0 Å². The van der Waals surface area contributed by atoms with Crippen LogP contribution in [0.2, 0.25) is 5.04 Å². The SMILES string of the molecule is CCOC1CC[C@@H](/C=C\CCCCO[Si](c2ccccc2)(c2ccccc2)C(C)(C)C)N1C(=O)OC(C)(C)C. The van der Waals surface area contributed by atoms with E-state index in [1.54, 1.807) is 4.90 Å². The van der Waals surface area contributed by atoms with Gasteiger partial charge < -0.3 is 13.9 Å². The van der Waals surface area contributed by atoms with Gasteiger partial charge >= 0.3 is 6.09 Å². The van der Waals surface area contributed by atoms with Crippen LogP contribution in [0, 0.1) is 0 Å². The number of nitrogens with zero attached hydrogens (tertiary/aromatic N) is 1. The van der Waals surface area contributed by atoms with Gasteiger partial charge in [-0.3, -0.25) is 4.90 Å². The average Bonchev–Trinajstić information content (AvgIpc) is 3.28. The number of ether oxygens (including phenoxy) is 2. The zero-order valence-corrected chi connectivity index (χ0v) is 26.1. The van der Waals surface area contributed by atoms with Crippen molar-refractivity contribution in [2.45, 2.75) is 103 Å². The number of carbonyl (C=O) groups is 1. The Bertz CT molecular complexity index is 1000. The molecule has 0 N–H and O–H groups in total. The molecule has 0 aromatic heterocycles. The lowest BCUT2D eigenvalue weighted by Gasteiger charge is -2.43. The molecule has 0 spiro atoms. The predicted octanol–water partition coefficient (Wildman–Crippen LogP) is 7.05. The summed E-state index contributed by atoms with van der Waals surface area (Å²) < 4.78 is 18.5. The largest absolute Gasteiger partial charge is 0.444 e. The van der Waals surface area contributed by atoms with E-state index in [1.807, 2.05) is 27.7 Å². The molecular formula is C33H49NO4Si. The van der Waals surface area contributed by atoms with Gasteiger partial charge in [0.2, 0.25) is 0 Å². The highest BCUT2D eigenvalue weighted by Gasteiger charge is 2.50. The summed E-state index contributed by atoms with van der Waals surface area (Å²) in [6.07, 6.45) is 8.52. The first kappa shape index (κ1) is 31.1. The molecule has 1 aliphatic rings. The number of hydrogen-bond donors (Lipinski definition) is 0. The van der Waals surface area contributed by atoms with Crippen LogP contribution >= 0.6 is 0 Å². The van der Waals surface area contributed by atoms with Crippen molar-refractivity contribution in [1.82, 2.24) is 4.90 Å². The summed E-state index contributed by atoms with van der Waals surface area (Å²) >= 11 is 0. The third kappa shape index (κ3) is 8.06. The highest BCUT2D eigenvalue weighted by molar-refractivity contribution is 6.99. The molecule has 1 heterocycles. The molecule has 1 amide bonds. The summed E-state index contributed by atoms with van der Waals surface area (Å²) in [7, 11) is -2.49. The summed E-state index contributed by atoms with van der Waals surface area (Å²) in [6, 6.07) is 21.6. The summed E-state index contributed by atoms with van der Waals surface area (Å²) in [5, 5.41) is 2.62. The van der Waals surface area contributed by atoms with E-state index in [0.29, 0.717) is 6.61 Å². The maximum atomic E-state index is 12.9. The van der Waals surface area contributed by atoms with Gasteiger partial charge in [0.05, 0.1) is 6.04 Å². The fourth-order valence-corrected chi connectivity index (χ4v) is 10.1. The number of unbranched alkanes of at least 4 members (excludes halogenated alkanes) is 2. The Labute approximate surface area is 237 Å². The first-order valence-corrected chi connectivity index (χ1v) is 16.4. The van der Waals surface area contributed by atoms with Gasteiger partial charge in [-0.1, -0.05) is 93.6 Å². The van der Waals surface area contributed by atoms with Gasteiger partial charge in [-0.2, -0.15) is 0 Å². The first-order chi connectivity index (χ1) is 18.5. The van der Waals surface area contributed by atoms with Crippen molar-refractivity contribution >= 4 is 24.8 Å². The van der Waals surface area contributed by atoms with E-state index < -0.39 is 13.9 Å². The smallest absolute Gasteiger partial charge is 0.412 e. The fourth-order valence-electron chi connectivity index (χ4n) is 5.52. The number of carbonyl (C=O) groups excluding carboxylic acids is 1. The van der Waals surface area contributed by atoms with Gasteiger partial charge in [0, 0.05) is 13.2 Å². The third-order valence-electron chi connectivity index (χ3n) is 7.20. The van der Waals surface area contributed by atoms with E-state index in [1.165, 1.54) is 10.4 Å². The number of rotatable bonds is 11. The number of allylic oxidation sites excluding steroid dienone is 1. The van der Waals surface area contributed by atoms with E-state index in [2.05, 4.69) is 93.6 Å². The molecule has 2 aromatic rings. The lowest BCUT2D eigenvalue weighted by molar-refractivity contribution is -0.0512. The maximum Gasteiger partial charge on any atom is 0.412 e. The number of amides is 1. The molecule has 39 heavy (non-hydrogen) atoms. The second kappa shape index (κ2) is 13.8. The second-order valence-electron chi connectivity index (χ2n) is 12.4. The molecule has 2 atom stereocenters. The Kier molecular flexibility index (Phi) is 11.0. The molecule has 6 heteroatoms. The molecule has 214 valence electrons. The van der Waals surface area contributed by atoms with Gasteiger partial charge in [0.1, 0.15) is 11.8 Å². The van der Waals surface area contributed by atoms with E-state index in [-0.39, 0.29) is 23.4 Å². The maximum absolute atomic E-state index is 12.9. The van der Waals surface area contributed by atoms with Crippen molar-refractivity contribution in [2.75, 3.05) is 13.2 Å². The molecule has 1 aliphatic heterocycles. The summed E-state index contributed by atoms with van der Waals surface area (Å²) in [5.41, 5.74) is -0.532. The van der Waals surface area contributed by atoms with E-state index in [0.717, 1.165) is 38.7 Å². The van der Waals surface area contributed by atoms with Crippen LogP contribution < -0.4 is 10.4 Å². The Morgan fingerprint density at radius 2 is 1.51 bits per heavy atom. The third-order valence-corrected chi connectivity index (χ3v) is 12.2. The molecule has 1 fully saturated rings. The van der Waals surface area contributed by atoms with Crippen molar-refractivity contribution in [3.8, 4) is 0 Å². The van der Waals surface area contributed by atoms with Gasteiger partial charge in [-0.05, 0) is 75.2 Å². The Hall–Kier alpha value is -2.41. The Morgan fingerprint density at radius 1 is 0.923 bits per heavy atom. The van der Waals surface area contributed by atoms with Gasteiger partial charge in [-0.25, -0.2) is 4.79 Å². The van der Waals surface area contributed by atoms with Crippen LogP contribution in [0.25, 0.3) is 0 Å². The summed E-state index contributed by atoms with van der Waals surface area (Å²) in [4.78, 5) is 14.7. The van der Waals surface area contributed by atoms with Crippen LogP contribution in [0.1, 0.15) is 80.6 Å². The highest BCUT2D eigenvalue weighted by atomic mass is 28.4. The normalized spacial score (nSPS) is 18.6. The number of hydrogen-bond acceptors (Lipinski definition) is 4. The second-order valence-corrected chi connectivity index (χ2v) is 16.7. The molecule has 0 bridgehead atoms. The van der Waals surface area contributed by atoms with Crippen LogP contribution in [0.3, 0.4) is 0 Å². The minimum Gasteiger partial charge on any atom is -0.444 e. The minimum atomic E-state index is -2.49. The molecular weight excluding hydrogens is 502 g/mol. The zero-order valence-electron chi connectivity index (χ0n) is 25.1. The van der Waals surface area contributed by atoms with Crippen molar-refractivity contribution in [3.05, 3.63) is 72.8 Å². The molecule has 1 saturated heterocycles. The fraction of sp³-hybridized carbons (Fsp3) is 0.545. The summed E-state index contributed by atoms with van der Waals surface area (Å²) in [6.45, 7) is 15.9. The Morgan fingerprint density at radius 3 is 2.03 bits per heavy atom. The zero-order chi connectivity index (χ0) is 28.5. The first-order valence-electron chi connectivity index (χ1n) is 14.5. The number of likely N-dealkylation sites (tertiary alicyclic amines) is 1. The van der Waals surface area contributed by atoms with Crippen LogP contribution in [0.15, 0.2) is 72.8 Å². The molecule has 0 saturated carbocycles. The highest BCUT2D eigenvalue weighted by Crippen LogP contribution is 2.37. The van der Waals surface area contributed by atoms with Crippen LogP contribution in [0.4, 0.5) is 4.79 Å². The Balaban J connectivity index is 1.62. The standard InChI is InChI=1S/C33H49NO4Si/c1-8-36-30-25-24-27(34(30)31(35)38-32(2,3)4)19-13-9-10-18-26-37-39(33(5,6)7,28-20-14-11-15-21-28)29-22-16-12-17-23-29/h11-17,19-23,27,30H,8-10,18,24-26H2,1-7H3/b19-13-/t27-,30?/m1/s1. The van der Waals surface area contributed by atoms with Crippen molar-refractivity contribution in [3.63, 3.8) is 0 Å². The molecule has 3 rings (SSSR count). The van der Waals surface area contributed by atoms with E-state index in [4.69, 9.17) is 13.9 Å². The summed E-state index contributed by atoms with van der Waals surface area (Å²) in [5.74, 6) is 0. The minimum absolute atomic E-state index is 0.00441. The lowest BCUT2D eigenvalue weighted by Crippen LogP contribution is -2.66. The lowest BCUT2D eigenvalue weighted by atomic mass is 10.1. The van der Waals surface area contributed by atoms with Crippen LogP contribution in [-0.2, 0) is 13.9 Å². The van der Waals surface area contributed by atoms with Crippen molar-refractivity contribution in [2.24, 2.45) is 0 Å². The molecule has 2 aromatic carbocycles. The predicted molar refractivity (Wildman–Crippen MR) is 163 cm³/mol. The van der Waals surface area contributed by atoms with Crippen LogP contribution in [-0.4, -0.2) is 50.4 Å². The van der Waals surface area contributed by atoms with Crippen molar-refractivity contribution < 1.29 is 18.7 Å². The molecule has 1 unspecified atom stereocenters. The van der Waals surface area contributed by atoms with Gasteiger partial charge in [-0.15, -0.1) is 0 Å². The number of benzene rings is 2. The molecule has 0 radical (unpaired) electrons. The average molecular weight is 552 g/mol. The monoisotopic (exact) mass is 551 g/mol. The quantitative estimate of drug-likeness (QED) is 0.171. The molecule has 0 aliphatic carbocycles. The van der Waals surface area contributed by atoms with Gasteiger partial charge in [0.15, 0.2) is 0 Å². The van der Waals surface area contributed by atoms with E-state index in [9.17, 15) is 4.79 Å².